The predicted molar refractivity (Wildman–Crippen MR) is 85.7 cm³/mol. The lowest BCUT2D eigenvalue weighted by Gasteiger charge is -2.37. The van der Waals surface area contributed by atoms with Gasteiger partial charge in [0.2, 0.25) is 0 Å². The quantitative estimate of drug-likeness (QED) is 0.872. The van der Waals surface area contributed by atoms with Crippen LogP contribution in [0.4, 0.5) is 5.69 Å². The van der Waals surface area contributed by atoms with Crippen LogP contribution in [-0.2, 0) is 11.3 Å². The standard InChI is InChI=1S/C16H28N4O/c1-5-13-11-21-8-7-20(13)15-10-18-16(12(3)4)19-14(15)9-17-6-2/h10,12-13,17H,5-9,11H2,1-4H3. The van der Waals surface area contributed by atoms with Crippen LogP contribution in [0.25, 0.3) is 0 Å². The first-order chi connectivity index (χ1) is 10.2. The Morgan fingerprint density at radius 1 is 1.43 bits per heavy atom. The topological polar surface area (TPSA) is 50.3 Å². The van der Waals surface area contributed by atoms with E-state index in [1.165, 1.54) is 0 Å². The van der Waals surface area contributed by atoms with E-state index in [1.807, 2.05) is 6.20 Å². The highest BCUT2D eigenvalue weighted by Crippen LogP contribution is 2.25. The molecule has 5 heteroatoms. The molecule has 1 unspecified atom stereocenters. The van der Waals surface area contributed by atoms with Gasteiger partial charge >= 0.3 is 0 Å². The van der Waals surface area contributed by atoms with E-state index in [1.54, 1.807) is 0 Å². The minimum Gasteiger partial charge on any atom is -0.377 e. The van der Waals surface area contributed by atoms with Gasteiger partial charge in [0.05, 0.1) is 36.8 Å². The maximum atomic E-state index is 5.61. The first kappa shape index (κ1) is 16.2. The smallest absolute Gasteiger partial charge is 0.131 e. The van der Waals surface area contributed by atoms with E-state index >= 15 is 0 Å². The van der Waals surface area contributed by atoms with E-state index < -0.39 is 0 Å². The van der Waals surface area contributed by atoms with E-state index in [0.717, 1.165) is 56.5 Å². The SMILES string of the molecule is CCNCc1nc(C(C)C)ncc1N1CCOCC1CC. The van der Waals surface area contributed by atoms with Gasteiger partial charge in [-0.3, -0.25) is 0 Å². The number of ether oxygens (including phenoxy) is 1. The highest BCUT2D eigenvalue weighted by molar-refractivity contribution is 5.50. The van der Waals surface area contributed by atoms with E-state index in [0.29, 0.717) is 12.0 Å². The van der Waals surface area contributed by atoms with Crippen LogP contribution in [0.2, 0.25) is 0 Å². The summed E-state index contributed by atoms with van der Waals surface area (Å²) in [6.07, 6.45) is 3.08. The lowest BCUT2D eigenvalue weighted by atomic mass is 10.1. The van der Waals surface area contributed by atoms with Crippen molar-refractivity contribution in [1.82, 2.24) is 15.3 Å². The molecule has 0 spiro atoms. The van der Waals surface area contributed by atoms with Gasteiger partial charge in [-0.2, -0.15) is 0 Å². The molecule has 1 N–H and O–H groups in total. The van der Waals surface area contributed by atoms with Crippen molar-refractivity contribution in [3.63, 3.8) is 0 Å². The Morgan fingerprint density at radius 3 is 2.90 bits per heavy atom. The number of rotatable bonds is 6. The van der Waals surface area contributed by atoms with Gasteiger partial charge < -0.3 is 15.0 Å². The number of aromatic nitrogens is 2. The van der Waals surface area contributed by atoms with Crippen molar-refractivity contribution in [1.29, 1.82) is 0 Å². The fourth-order valence-corrected chi connectivity index (χ4v) is 2.63. The molecule has 1 fully saturated rings. The molecule has 118 valence electrons. The summed E-state index contributed by atoms with van der Waals surface area (Å²) in [6, 6.07) is 0.424. The molecule has 1 aromatic heterocycles. The molecule has 21 heavy (non-hydrogen) atoms. The van der Waals surface area contributed by atoms with Gasteiger partial charge in [-0.05, 0) is 13.0 Å². The van der Waals surface area contributed by atoms with Gasteiger partial charge in [0, 0.05) is 19.0 Å². The van der Waals surface area contributed by atoms with Crippen molar-refractivity contribution in [2.75, 3.05) is 31.2 Å². The Bertz CT molecular complexity index is 450. The molecule has 1 aromatic rings. The normalized spacial score (nSPS) is 19.3. The highest BCUT2D eigenvalue weighted by Gasteiger charge is 2.24. The zero-order valence-corrected chi connectivity index (χ0v) is 13.7. The Labute approximate surface area is 128 Å². The second kappa shape index (κ2) is 7.71. The number of hydrogen-bond acceptors (Lipinski definition) is 5. The Morgan fingerprint density at radius 2 is 2.24 bits per heavy atom. The molecule has 2 heterocycles. The molecule has 0 saturated carbocycles. The van der Waals surface area contributed by atoms with Crippen LogP contribution in [0.15, 0.2) is 6.20 Å². The van der Waals surface area contributed by atoms with Crippen molar-refractivity contribution in [3.8, 4) is 0 Å². The molecular weight excluding hydrogens is 264 g/mol. The average molecular weight is 292 g/mol. The Kier molecular flexibility index (Phi) is 5.94. The summed E-state index contributed by atoms with van der Waals surface area (Å²) in [6.45, 7) is 12.8. The molecule has 0 radical (unpaired) electrons. The summed E-state index contributed by atoms with van der Waals surface area (Å²) >= 11 is 0. The van der Waals surface area contributed by atoms with Crippen LogP contribution in [0.5, 0.6) is 0 Å². The summed E-state index contributed by atoms with van der Waals surface area (Å²) < 4.78 is 5.61. The number of anilines is 1. The minimum atomic E-state index is 0.353. The van der Waals surface area contributed by atoms with Crippen LogP contribution in [0.1, 0.15) is 51.6 Å². The third-order valence-electron chi connectivity index (χ3n) is 3.93. The molecular formula is C16H28N4O. The lowest BCUT2D eigenvalue weighted by molar-refractivity contribution is 0.0928. The van der Waals surface area contributed by atoms with Crippen LogP contribution >= 0.6 is 0 Å². The lowest BCUT2D eigenvalue weighted by Crippen LogP contribution is -2.46. The third-order valence-corrected chi connectivity index (χ3v) is 3.93. The summed E-state index contributed by atoms with van der Waals surface area (Å²) in [5.74, 6) is 1.28. The second-order valence-corrected chi connectivity index (χ2v) is 5.83. The summed E-state index contributed by atoms with van der Waals surface area (Å²) in [7, 11) is 0. The summed E-state index contributed by atoms with van der Waals surface area (Å²) in [5.41, 5.74) is 2.27. The van der Waals surface area contributed by atoms with Crippen molar-refractivity contribution in [2.24, 2.45) is 0 Å². The molecule has 5 nitrogen and oxygen atoms in total. The Hall–Kier alpha value is -1.20. The zero-order chi connectivity index (χ0) is 15.2. The van der Waals surface area contributed by atoms with Crippen LogP contribution in [0.3, 0.4) is 0 Å². The number of nitrogens with zero attached hydrogens (tertiary/aromatic N) is 3. The van der Waals surface area contributed by atoms with Gasteiger partial charge in [0.1, 0.15) is 5.82 Å². The molecule has 0 aromatic carbocycles. The maximum absolute atomic E-state index is 5.61. The van der Waals surface area contributed by atoms with Gasteiger partial charge in [0.15, 0.2) is 0 Å². The number of nitrogens with one attached hydrogen (secondary N) is 1. The highest BCUT2D eigenvalue weighted by atomic mass is 16.5. The van der Waals surface area contributed by atoms with Gasteiger partial charge in [-0.1, -0.05) is 27.7 Å². The van der Waals surface area contributed by atoms with Crippen molar-refractivity contribution >= 4 is 5.69 Å². The fraction of sp³-hybridized carbons (Fsp3) is 0.750. The molecule has 1 aliphatic rings. The summed E-state index contributed by atoms with van der Waals surface area (Å²) in [4.78, 5) is 11.8. The first-order valence-electron chi connectivity index (χ1n) is 8.08. The van der Waals surface area contributed by atoms with E-state index in [-0.39, 0.29) is 0 Å². The molecule has 0 amide bonds. The predicted octanol–water partition coefficient (Wildman–Crippen LogP) is 2.32. The van der Waals surface area contributed by atoms with Crippen molar-refractivity contribution in [3.05, 3.63) is 17.7 Å². The van der Waals surface area contributed by atoms with E-state index in [4.69, 9.17) is 9.72 Å². The van der Waals surface area contributed by atoms with Crippen LogP contribution in [-0.4, -0.2) is 42.3 Å². The van der Waals surface area contributed by atoms with Gasteiger partial charge in [-0.15, -0.1) is 0 Å². The van der Waals surface area contributed by atoms with Crippen LogP contribution in [0, 0.1) is 0 Å². The van der Waals surface area contributed by atoms with Crippen LogP contribution < -0.4 is 10.2 Å². The average Bonchev–Trinajstić information content (AvgIpc) is 2.52. The number of hydrogen-bond donors (Lipinski definition) is 1. The van der Waals surface area contributed by atoms with E-state index in [2.05, 4.69) is 42.9 Å². The molecule has 1 saturated heterocycles. The first-order valence-corrected chi connectivity index (χ1v) is 8.08. The van der Waals surface area contributed by atoms with E-state index in [9.17, 15) is 0 Å². The monoisotopic (exact) mass is 292 g/mol. The molecule has 1 aliphatic heterocycles. The molecule has 0 bridgehead atoms. The number of morpholine rings is 1. The largest absolute Gasteiger partial charge is 0.377 e. The fourth-order valence-electron chi connectivity index (χ4n) is 2.63. The maximum Gasteiger partial charge on any atom is 0.131 e. The van der Waals surface area contributed by atoms with Gasteiger partial charge in [-0.25, -0.2) is 9.97 Å². The molecule has 0 aliphatic carbocycles. The zero-order valence-electron chi connectivity index (χ0n) is 13.7. The third kappa shape index (κ3) is 3.92. The Balaban J connectivity index is 2.31. The summed E-state index contributed by atoms with van der Waals surface area (Å²) in [5, 5.41) is 3.39. The van der Waals surface area contributed by atoms with Crippen molar-refractivity contribution in [2.45, 2.75) is 52.6 Å². The van der Waals surface area contributed by atoms with Crippen molar-refractivity contribution < 1.29 is 4.74 Å². The molecule has 2 rings (SSSR count). The minimum absolute atomic E-state index is 0.353. The van der Waals surface area contributed by atoms with Gasteiger partial charge in [0.25, 0.3) is 0 Å². The second-order valence-electron chi connectivity index (χ2n) is 5.83. The molecule has 1 atom stereocenters.